The Bertz CT molecular complexity index is 3780. The van der Waals surface area contributed by atoms with Gasteiger partial charge in [0.2, 0.25) is 0 Å². The molecule has 13 rings (SSSR count). The Hall–Kier alpha value is -7.94. The van der Waals surface area contributed by atoms with Gasteiger partial charge in [0.25, 0.3) is 0 Å². The molecule has 0 aliphatic heterocycles. The summed E-state index contributed by atoms with van der Waals surface area (Å²) < 4.78 is 6.96. The van der Waals surface area contributed by atoms with Crippen LogP contribution in [0.1, 0.15) is 25.0 Å². The minimum Gasteiger partial charge on any atom is -0.455 e. The van der Waals surface area contributed by atoms with Crippen LogP contribution in [0.5, 0.6) is 0 Å². The maximum absolute atomic E-state index is 6.96. The van der Waals surface area contributed by atoms with Crippen LogP contribution >= 0.6 is 0 Å². The molecule has 1 aromatic heterocycles. The molecule has 0 bridgehead atoms. The molecule has 11 aromatic carbocycles. The van der Waals surface area contributed by atoms with E-state index in [0.29, 0.717) is 0 Å². The molecule has 0 fully saturated rings. The van der Waals surface area contributed by atoms with E-state index in [1.807, 2.05) is 0 Å². The van der Waals surface area contributed by atoms with Crippen LogP contribution in [0.3, 0.4) is 0 Å². The van der Waals surface area contributed by atoms with Crippen molar-refractivity contribution < 1.29 is 4.42 Å². The third kappa shape index (κ3) is 5.38. The highest BCUT2D eigenvalue weighted by Gasteiger charge is 2.36. The van der Waals surface area contributed by atoms with Crippen molar-refractivity contribution in [3.05, 3.63) is 223 Å². The molecule has 0 spiro atoms. The lowest BCUT2D eigenvalue weighted by Crippen LogP contribution is -2.16. The van der Waals surface area contributed by atoms with E-state index in [2.05, 4.69) is 231 Å². The second-order valence-electron chi connectivity index (χ2n) is 17.6. The molecule has 2 heteroatoms. The van der Waals surface area contributed by atoms with E-state index in [0.717, 1.165) is 50.1 Å². The number of hydrogen-bond acceptors (Lipinski definition) is 2. The predicted octanol–water partition coefficient (Wildman–Crippen LogP) is 17.3. The largest absolute Gasteiger partial charge is 0.455 e. The molecule has 0 radical (unpaired) electrons. The molecule has 1 aliphatic rings. The molecule has 0 saturated heterocycles. The number of fused-ring (bicyclic) bond motifs is 13. The summed E-state index contributed by atoms with van der Waals surface area (Å²) in [7, 11) is 0. The summed E-state index contributed by atoms with van der Waals surface area (Å²) in [4.78, 5) is 2.45. The lowest BCUT2D eigenvalue weighted by atomic mass is 9.82. The van der Waals surface area contributed by atoms with Crippen molar-refractivity contribution in [2.45, 2.75) is 19.3 Å². The average Bonchev–Trinajstić information content (AvgIpc) is 3.81. The fourth-order valence-electron chi connectivity index (χ4n) is 10.8. The van der Waals surface area contributed by atoms with Crippen molar-refractivity contribution in [2.24, 2.45) is 0 Å². The number of benzene rings is 11. The summed E-state index contributed by atoms with van der Waals surface area (Å²) in [6.45, 7) is 4.72. The zero-order chi connectivity index (χ0) is 41.8. The number of nitrogens with zero attached hydrogens (tertiary/aromatic N) is 1. The highest BCUT2D eigenvalue weighted by Crippen LogP contribution is 2.52. The third-order valence-electron chi connectivity index (χ3n) is 13.8. The smallest absolute Gasteiger partial charge is 0.143 e. The predicted molar refractivity (Wildman–Crippen MR) is 267 cm³/mol. The standard InChI is InChI=1S/C61H41NO/c1-61(2)56-23-13-12-22-51(56)52-32-29-44(37-57(52)61)62(42-28-31-50-48-20-9-8-18-46(48)47-19-10-11-21-49(47)53(50)35-42)43-30-33-58-54(36-43)55-34-41-16-6-7-17-45(41)59(60(55)63-58)40-26-24-39(25-27-40)38-14-4-3-5-15-38/h3-37H,1-2H3. The Kier molecular flexibility index (Phi) is 7.68. The normalized spacial score (nSPS) is 13.0. The Morgan fingerprint density at radius 3 is 1.62 bits per heavy atom. The van der Waals surface area contributed by atoms with E-state index >= 15 is 0 Å². The summed E-state index contributed by atoms with van der Waals surface area (Å²) in [5.41, 5.74) is 14.9. The maximum atomic E-state index is 6.96. The van der Waals surface area contributed by atoms with Crippen LogP contribution in [-0.2, 0) is 5.41 Å². The minimum absolute atomic E-state index is 0.145. The first-order chi connectivity index (χ1) is 31.0. The maximum Gasteiger partial charge on any atom is 0.143 e. The van der Waals surface area contributed by atoms with Gasteiger partial charge in [0, 0.05) is 38.8 Å². The Labute approximate surface area is 365 Å². The van der Waals surface area contributed by atoms with E-state index in [1.54, 1.807) is 0 Å². The van der Waals surface area contributed by atoms with Crippen molar-refractivity contribution >= 4 is 82.1 Å². The molecule has 12 aromatic rings. The van der Waals surface area contributed by atoms with Crippen molar-refractivity contribution in [1.82, 2.24) is 0 Å². The molecule has 1 aliphatic carbocycles. The van der Waals surface area contributed by atoms with Gasteiger partial charge < -0.3 is 9.32 Å². The fourth-order valence-corrected chi connectivity index (χ4v) is 10.8. The summed E-state index contributed by atoms with van der Waals surface area (Å²) >= 11 is 0. The van der Waals surface area contributed by atoms with Gasteiger partial charge in [-0.05, 0) is 131 Å². The zero-order valence-corrected chi connectivity index (χ0v) is 35.1. The topological polar surface area (TPSA) is 16.4 Å². The zero-order valence-electron chi connectivity index (χ0n) is 35.1. The summed E-state index contributed by atoms with van der Waals surface area (Å²) in [6.07, 6.45) is 0. The molecule has 63 heavy (non-hydrogen) atoms. The summed E-state index contributed by atoms with van der Waals surface area (Å²) in [6, 6.07) is 77.9. The van der Waals surface area contributed by atoms with Gasteiger partial charge in [-0.1, -0.05) is 178 Å². The van der Waals surface area contributed by atoms with Crippen LogP contribution in [0.25, 0.3) is 98.4 Å². The molecule has 0 amide bonds. The number of hydrogen-bond donors (Lipinski definition) is 0. The van der Waals surface area contributed by atoms with Crippen molar-refractivity contribution in [3.8, 4) is 33.4 Å². The highest BCUT2D eigenvalue weighted by atomic mass is 16.3. The molecular weight excluding hydrogens is 763 g/mol. The van der Waals surface area contributed by atoms with Gasteiger partial charge in [0.15, 0.2) is 0 Å². The van der Waals surface area contributed by atoms with Crippen LogP contribution in [-0.4, -0.2) is 0 Å². The van der Waals surface area contributed by atoms with Crippen molar-refractivity contribution in [2.75, 3.05) is 4.90 Å². The minimum atomic E-state index is -0.145. The molecule has 0 saturated carbocycles. The van der Waals surface area contributed by atoms with Crippen molar-refractivity contribution in [3.63, 3.8) is 0 Å². The first kappa shape index (κ1) is 35.8. The summed E-state index contributed by atoms with van der Waals surface area (Å²) in [5, 5.41) is 12.1. The van der Waals surface area contributed by atoms with Crippen LogP contribution in [0.2, 0.25) is 0 Å². The molecule has 2 nitrogen and oxygen atoms in total. The quantitative estimate of drug-likeness (QED) is 0.161. The fraction of sp³-hybridized carbons (Fsp3) is 0.0492. The summed E-state index contributed by atoms with van der Waals surface area (Å²) in [5.74, 6) is 0. The van der Waals surface area contributed by atoms with Crippen molar-refractivity contribution in [1.29, 1.82) is 0 Å². The molecule has 0 N–H and O–H groups in total. The van der Waals surface area contributed by atoms with E-state index in [1.165, 1.54) is 76.5 Å². The molecule has 0 atom stereocenters. The van der Waals surface area contributed by atoms with E-state index in [9.17, 15) is 0 Å². The SMILES string of the molecule is CC1(C)c2ccccc2-c2ccc(N(c3ccc4oc5c(-c6ccc(-c7ccccc7)cc6)c6ccccc6cc5c4c3)c3ccc4c5ccccc5c5ccccc5c4c3)cc21. The van der Waals surface area contributed by atoms with Gasteiger partial charge in [-0.3, -0.25) is 0 Å². The highest BCUT2D eigenvalue weighted by molar-refractivity contribution is 6.26. The Morgan fingerprint density at radius 1 is 0.349 bits per heavy atom. The van der Waals surface area contributed by atoms with Gasteiger partial charge in [0.05, 0.1) is 0 Å². The van der Waals surface area contributed by atoms with Crippen LogP contribution in [0.15, 0.2) is 217 Å². The molecule has 296 valence electrons. The van der Waals surface area contributed by atoms with Gasteiger partial charge in [-0.2, -0.15) is 0 Å². The van der Waals surface area contributed by atoms with E-state index in [4.69, 9.17) is 4.42 Å². The molecule has 0 unspecified atom stereocenters. The van der Waals surface area contributed by atoms with Gasteiger partial charge in [-0.25, -0.2) is 0 Å². The number of anilines is 3. The van der Waals surface area contributed by atoms with Gasteiger partial charge in [0.1, 0.15) is 11.2 Å². The van der Waals surface area contributed by atoms with E-state index < -0.39 is 0 Å². The monoisotopic (exact) mass is 803 g/mol. The second kappa shape index (κ2) is 13.5. The van der Waals surface area contributed by atoms with Gasteiger partial charge in [-0.15, -0.1) is 0 Å². The van der Waals surface area contributed by atoms with Gasteiger partial charge >= 0.3 is 0 Å². The molecular formula is C61H41NO. The average molecular weight is 804 g/mol. The Morgan fingerprint density at radius 2 is 0.873 bits per heavy atom. The van der Waals surface area contributed by atoms with Crippen LogP contribution in [0.4, 0.5) is 17.1 Å². The molecule has 1 heterocycles. The van der Waals surface area contributed by atoms with Crippen LogP contribution in [0, 0.1) is 0 Å². The second-order valence-corrected chi connectivity index (χ2v) is 17.6. The Balaban J connectivity index is 1.04. The van der Waals surface area contributed by atoms with Crippen LogP contribution < -0.4 is 4.90 Å². The third-order valence-corrected chi connectivity index (χ3v) is 13.8. The number of furan rings is 1. The lowest BCUT2D eigenvalue weighted by molar-refractivity contribution is 0.660. The lowest BCUT2D eigenvalue weighted by Gasteiger charge is -2.28. The number of rotatable bonds is 5. The first-order valence-electron chi connectivity index (χ1n) is 21.9. The first-order valence-corrected chi connectivity index (χ1v) is 21.9. The van der Waals surface area contributed by atoms with E-state index in [-0.39, 0.29) is 5.41 Å².